The number of hydrogen-bond donors (Lipinski definition) is 2. The van der Waals surface area contributed by atoms with Crippen LogP contribution in [0.4, 0.5) is 0 Å². The number of nitrogens with one attached hydrogen (secondary N) is 1. The molecule has 0 aromatic heterocycles. The standard InChI is InChI=1S/C8H19N3.4CH4/c1-2-4-11(5-3-9)8-6-10-7-8;;;;/h8,10H,2-7,9H2,1H3;4*1H4. The van der Waals surface area contributed by atoms with E-state index in [2.05, 4.69) is 17.1 Å². The summed E-state index contributed by atoms with van der Waals surface area (Å²) >= 11 is 0. The quantitative estimate of drug-likeness (QED) is 0.747. The van der Waals surface area contributed by atoms with Crippen molar-refractivity contribution >= 4 is 0 Å². The highest BCUT2D eigenvalue weighted by atomic mass is 15.2. The Bertz CT molecular complexity index is 97.0. The summed E-state index contributed by atoms with van der Waals surface area (Å²) in [5, 5.41) is 3.28. The Labute approximate surface area is 98.4 Å². The molecule has 0 aromatic carbocycles. The van der Waals surface area contributed by atoms with Crippen molar-refractivity contribution in [1.29, 1.82) is 0 Å². The average Bonchev–Trinajstić information content (AvgIpc) is 1.85. The number of rotatable bonds is 5. The normalized spacial score (nSPS) is 13.8. The molecule has 1 aliphatic rings. The van der Waals surface area contributed by atoms with Crippen LogP contribution in [0, 0.1) is 0 Å². The minimum atomic E-state index is 0. The summed E-state index contributed by atoms with van der Waals surface area (Å²) in [5.41, 5.74) is 5.51. The summed E-state index contributed by atoms with van der Waals surface area (Å²) in [5.74, 6) is 0. The topological polar surface area (TPSA) is 41.3 Å². The Morgan fingerprint density at radius 1 is 1.13 bits per heavy atom. The Hall–Kier alpha value is -0.120. The molecule has 0 saturated carbocycles. The molecule has 3 heteroatoms. The molecule has 98 valence electrons. The molecule has 3 nitrogen and oxygen atoms in total. The van der Waals surface area contributed by atoms with E-state index < -0.39 is 0 Å². The second-order valence-corrected chi connectivity index (χ2v) is 3.14. The van der Waals surface area contributed by atoms with Crippen molar-refractivity contribution in [2.75, 3.05) is 32.7 Å². The lowest BCUT2D eigenvalue weighted by Crippen LogP contribution is -2.58. The lowest BCUT2D eigenvalue weighted by Gasteiger charge is -2.37. The van der Waals surface area contributed by atoms with Crippen molar-refractivity contribution in [2.45, 2.75) is 49.1 Å². The molecular weight excluding hydrogens is 186 g/mol. The van der Waals surface area contributed by atoms with E-state index in [9.17, 15) is 0 Å². The summed E-state index contributed by atoms with van der Waals surface area (Å²) in [7, 11) is 0. The Balaban J connectivity index is -0.000000151. The van der Waals surface area contributed by atoms with Gasteiger partial charge in [-0.15, -0.1) is 0 Å². The van der Waals surface area contributed by atoms with Gasteiger partial charge in [-0.3, -0.25) is 4.90 Å². The lowest BCUT2D eigenvalue weighted by atomic mass is 10.1. The van der Waals surface area contributed by atoms with Gasteiger partial charge in [0.05, 0.1) is 0 Å². The predicted octanol–water partition coefficient (Wildman–Crippen LogP) is 2.17. The summed E-state index contributed by atoms with van der Waals surface area (Å²) in [6, 6.07) is 0.762. The third-order valence-corrected chi connectivity index (χ3v) is 2.20. The zero-order chi connectivity index (χ0) is 8.10. The van der Waals surface area contributed by atoms with Crippen LogP contribution in [0.1, 0.15) is 43.1 Å². The van der Waals surface area contributed by atoms with E-state index in [1.54, 1.807) is 0 Å². The third kappa shape index (κ3) is 7.77. The van der Waals surface area contributed by atoms with Crippen molar-refractivity contribution in [3.63, 3.8) is 0 Å². The average molecular weight is 221 g/mol. The van der Waals surface area contributed by atoms with Gasteiger partial charge in [0.25, 0.3) is 0 Å². The summed E-state index contributed by atoms with van der Waals surface area (Å²) < 4.78 is 0. The molecule has 1 heterocycles. The lowest BCUT2D eigenvalue weighted by molar-refractivity contribution is 0.150. The first kappa shape index (κ1) is 24.2. The third-order valence-electron chi connectivity index (χ3n) is 2.20. The fourth-order valence-corrected chi connectivity index (χ4v) is 1.46. The van der Waals surface area contributed by atoms with Crippen LogP contribution in [-0.2, 0) is 0 Å². The van der Waals surface area contributed by atoms with E-state index in [0.717, 1.165) is 32.2 Å². The second kappa shape index (κ2) is 13.9. The van der Waals surface area contributed by atoms with E-state index in [-0.39, 0.29) is 29.7 Å². The van der Waals surface area contributed by atoms with Crippen LogP contribution in [-0.4, -0.2) is 43.7 Å². The van der Waals surface area contributed by atoms with Crippen LogP contribution in [0.5, 0.6) is 0 Å². The maximum absolute atomic E-state index is 5.51. The molecular formula is C12H35N3. The van der Waals surface area contributed by atoms with Gasteiger partial charge in [0.15, 0.2) is 0 Å². The molecule has 1 saturated heterocycles. The summed E-state index contributed by atoms with van der Waals surface area (Å²) in [6.07, 6.45) is 1.23. The molecule has 15 heavy (non-hydrogen) atoms. The Morgan fingerprint density at radius 2 is 1.67 bits per heavy atom. The van der Waals surface area contributed by atoms with Crippen LogP contribution in [0.2, 0.25) is 0 Å². The molecule has 1 aliphatic heterocycles. The van der Waals surface area contributed by atoms with Gasteiger partial charge in [0.2, 0.25) is 0 Å². The molecule has 0 amide bonds. The Morgan fingerprint density at radius 3 is 1.93 bits per heavy atom. The van der Waals surface area contributed by atoms with E-state index in [1.165, 1.54) is 13.0 Å². The largest absolute Gasteiger partial charge is 0.329 e. The highest BCUT2D eigenvalue weighted by molar-refractivity contribution is 4.84. The summed E-state index contributed by atoms with van der Waals surface area (Å²) in [6.45, 7) is 7.57. The molecule has 0 unspecified atom stereocenters. The van der Waals surface area contributed by atoms with Gasteiger partial charge in [0, 0.05) is 32.2 Å². The maximum atomic E-state index is 5.51. The van der Waals surface area contributed by atoms with Gasteiger partial charge in [-0.1, -0.05) is 36.6 Å². The van der Waals surface area contributed by atoms with E-state index >= 15 is 0 Å². The SMILES string of the molecule is C.C.C.C.CCCN(CCN)C1CNC1. The number of hydrogen-bond acceptors (Lipinski definition) is 3. The van der Waals surface area contributed by atoms with Crippen molar-refractivity contribution in [3.05, 3.63) is 0 Å². The van der Waals surface area contributed by atoms with Crippen molar-refractivity contribution < 1.29 is 0 Å². The highest BCUT2D eigenvalue weighted by Crippen LogP contribution is 2.04. The first-order chi connectivity index (χ1) is 5.38. The first-order valence-electron chi connectivity index (χ1n) is 4.53. The van der Waals surface area contributed by atoms with Gasteiger partial charge in [-0.2, -0.15) is 0 Å². The summed E-state index contributed by atoms with van der Waals surface area (Å²) in [4.78, 5) is 2.48. The van der Waals surface area contributed by atoms with Crippen LogP contribution in [0.25, 0.3) is 0 Å². The smallest absolute Gasteiger partial charge is 0.0345 e. The second-order valence-electron chi connectivity index (χ2n) is 3.14. The predicted molar refractivity (Wildman–Crippen MR) is 74.5 cm³/mol. The van der Waals surface area contributed by atoms with Gasteiger partial charge < -0.3 is 11.1 Å². The molecule has 1 fully saturated rings. The van der Waals surface area contributed by atoms with E-state index in [4.69, 9.17) is 5.73 Å². The monoisotopic (exact) mass is 221 g/mol. The zero-order valence-corrected chi connectivity index (χ0v) is 7.34. The van der Waals surface area contributed by atoms with E-state index in [0.29, 0.717) is 0 Å². The first-order valence-corrected chi connectivity index (χ1v) is 4.53. The van der Waals surface area contributed by atoms with Gasteiger partial charge in [-0.25, -0.2) is 0 Å². The minimum absolute atomic E-state index is 0. The van der Waals surface area contributed by atoms with Crippen molar-refractivity contribution in [3.8, 4) is 0 Å². The van der Waals surface area contributed by atoms with E-state index in [1.807, 2.05) is 0 Å². The van der Waals surface area contributed by atoms with Crippen LogP contribution in [0.15, 0.2) is 0 Å². The zero-order valence-electron chi connectivity index (χ0n) is 7.34. The molecule has 0 aromatic rings. The van der Waals surface area contributed by atoms with Crippen LogP contribution < -0.4 is 11.1 Å². The fraction of sp³-hybridized carbons (Fsp3) is 1.00. The van der Waals surface area contributed by atoms with Crippen molar-refractivity contribution in [1.82, 2.24) is 10.2 Å². The molecule has 0 spiro atoms. The molecule has 0 bridgehead atoms. The van der Waals surface area contributed by atoms with Crippen molar-refractivity contribution in [2.24, 2.45) is 5.73 Å². The van der Waals surface area contributed by atoms with Crippen LogP contribution >= 0.6 is 0 Å². The van der Waals surface area contributed by atoms with Crippen LogP contribution in [0.3, 0.4) is 0 Å². The molecule has 0 radical (unpaired) electrons. The molecule has 0 atom stereocenters. The van der Waals surface area contributed by atoms with Gasteiger partial charge in [0.1, 0.15) is 0 Å². The fourth-order valence-electron chi connectivity index (χ4n) is 1.46. The highest BCUT2D eigenvalue weighted by Gasteiger charge is 2.22. The number of nitrogens with zero attached hydrogens (tertiary/aromatic N) is 1. The molecule has 1 rings (SSSR count). The molecule has 3 N–H and O–H groups in total. The maximum Gasteiger partial charge on any atom is 0.0345 e. The number of nitrogens with two attached hydrogens (primary N) is 1. The molecule has 0 aliphatic carbocycles. The minimum Gasteiger partial charge on any atom is -0.329 e. The Kier molecular flexibility index (Phi) is 22.4. The van der Waals surface area contributed by atoms with Gasteiger partial charge in [-0.05, 0) is 13.0 Å². The van der Waals surface area contributed by atoms with Gasteiger partial charge >= 0.3 is 0 Å².